The average molecular weight is 362 g/mol. The van der Waals surface area contributed by atoms with Gasteiger partial charge in [-0.25, -0.2) is 12.8 Å². The standard InChI is InChI=1S/C18H19FN2O3S/c1-13-11-14(18(22)20-16-6-4-5-15(19)12-16)7-8-17(13)21-9-2-3-10-25(21,23)24/h4-8,11-12H,2-3,9-10H2,1H3,(H,20,22). The molecule has 0 unspecified atom stereocenters. The minimum atomic E-state index is -3.29. The van der Waals surface area contributed by atoms with Crippen molar-refractivity contribution in [3.8, 4) is 0 Å². The topological polar surface area (TPSA) is 66.5 Å². The number of benzene rings is 2. The lowest BCUT2D eigenvalue weighted by atomic mass is 10.1. The molecule has 1 heterocycles. The van der Waals surface area contributed by atoms with E-state index in [0.29, 0.717) is 35.5 Å². The van der Waals surface area contributed by atoms with Crippen LogP contribution in [0.4, 0.5) is 15.8 Å². The second-order valence-corrected chi connectivity index (χ2v) is 8.07. The summed E-state index contributed by atoms with van der Waals surface area (Å²) in [5.41, 5.74) is 2.06. The Balaban J connectivity index is 1.83. The highest BCUT2D eigenvalue weighted by molar-refractivity contribution is 7.92. The van der Waals surface area contributed by atoms with Crippen LogP contribution in [0.5, 0.6) is 0 Å². The third-order valence-electron chi connectivity index (χ3n) is 4.16. The van der Waals surface area contributed by atoms with Crippen molar-refractivity contribution in [3.63, 3.8) is 0 Å². The molecule has 0 aromatic heterocycles. The zero-order valence-corrected chi connectivity index (χ0v) is 14.6. The number of hydrogen-bond donors (Lipinski definition) is 1. The van der Waals surface area contributed by atoms with Crippen molar-refractivity contribution in [1.29, 1.82) is 0 Å². The van der Waals surface area contributed by atoms with Crippen LogP contribution in [0.3, 0.4) is 0 Å². The Hall–Kier alpha value is -2.41. The van der Waals surface area contributed by atoms with Crippen molar-refractivity contribution in [2.24, 2.45) is 0 Å². The molecule has 7 heteroatoms. The first-order valence-electron chi connectivity index (χ1n) is 8.05. The number of carbonyl (C=O) groups excluding carboxylic acids is 1. The van der Waals surface area contributed by atoms with Gasteiger partial charge in [0.15, 0.2) is 0 Å². The first-order valence-corrected chi connectivity index (χ1v) is 9.66. The molecule has 2 aromatic rings. The second kappa shape index (κ2) is 6.84. The Labute approximate surface area is 146 Å². The molecule has 132 valence electrons. The maximum absolute atomic E-state index is 13.2. The Bertz CT molecular complexity index is 912. The van der Waals surface area contributed by atoms with Crippen LogP contribution in [-0.2, 0) is 10.0 Å². The molecular formula is C18H19FN2O3S. The summed E-state index contributed by atoms with van der Waals surface area (Å²) in [6.45, 7) is 2.23. The van der Waals surface area contributed by atoms with Gasteiger partial charge in [0.1, 0.15) is 5.82 Å². The van der Waals surface area contributed by atoms with E-state index in [1.54, 1.807) is 31.2 Å². The van der Waals surface area contributed by atoms with Gasteiger partial charge in [-0.15, -0.1) is 0 Å². The molecule has 1 aliphatic rings. The number of amides is 1. The number of halogens is 1. The van der Waals surface area contributed by atoms with Crippen molar-refractivity contribution >= 4 is 27.3 Å². The van der Waals surface area contributed by atoms with E-state index >= 15 is 0 Å². The SMILES string of the molecule is Cc1cc(C(=O)Nc2cccc(F)c2)ccc1N1CCCCS1(=O)=O. The Morgan fingerprint density at radius 3 is 2.64 bits per heavy atom. The second-order valence-electron chi connectivity index (χ2n) is 6.06. The van der Waals surface area contributed by atoms with Crippen molar-refractivity contribution < 1.29 is 17.6 Å². The van der Waals surface area contributed by atoms with Crippen LogP contribution in [0.25, 0.3) is 0 Å². The van der Waals surface area contributed by atoms with Gasteiger partial charge in [0.2, 0.25) is 10.0 Å². The van der Waals surface area contributed by atoms with E-state index in [4.69, 9.17) is 0 Å². The number of sulfonamides is 1. The summed E-state index contributed by atoms with van der Waals surface area (Å²) >= 11 is 0. The number of carbonyl (C=O) groups is 1. The molecule has 2 aromatic carbocycles. The van der Waals surface area contributed by atoms with Gasteiger partial charge in [-0.3, -0.25) is 9.10 Å². The quantitative estimate of drug-likeness (QED) is 0.911. The summed E-state index contributed by atoms with van der Waals surface area (Å²) in [5, 5.41) is 2.63. The van der Waals surface area contributed by atoms with Crippen molar-refractivity contribution in [1.82, 2.24) is 0 Å². The van der Waals surface area contributed by atoms with Gasteiger partial charge < -0.3 is 5.32 Å². The van der Waals surface area contributed by atoms with Crippen molar-refractivity contribution in [2.75, 3.05) is 21.9 Å². The number of aryl methyl sites for hydroxylation is 1. The highest BCUT2D eigenvalue weighted by atomic mass is 32.2. The van der Waals surface area contributed by atoms with Crippen LogP contribution in [-0.4, -0.2) is 26.6 Å². The zero-order chi connectivity index (χ0) is 18.0. The van der Waals surface area contributed by atoms with E-state index < -0.39 is 15.8 Å². The summed E-state index contributed by atoms with van der Waals surface area (Å²) in [5.74, 6) is -0.657. The number of nitrogens with one attached hydrogen (secondary N) is 1. The van der Waals surface area contributed by atoms with Crippen LogP contribution in [0.1, 0.15) is 28.8 Å². The summed E-state index contributed by atoms with van der Waals surface area (Å²) in [6.07, 6.45) is 1.49. The normalized spacial score (nSPS) is 16.5. The highest BCUT2D eigenvalue weighted by Crippen LogP contribution is 2.27. The van der Waals surface area contributed by atoms with Gasteiger partial charge in [0.05, 0.1) is 11.4 Å². The fourth-order valence-electron chi connectivity index (χ4n) is 2.91. The maximum Gasteiger partial charge on any atom is 0.255 e. The summed E-state index contributed by atoms with van der Waals surface area (Å²) in [6, 6.07) is 10.5. The predicted molar refractivity (Wildman–Crippen MR) is 95.9 cm³/mol. The molecule has 1 saturated heterocycles. The number of nitrogens with zero attached hydrogens (tertiary/aromatic N) is 1. The number of anilines is 2. The molecule has 1 aliphatic heterocycles. The molecule has 1 N–H and O–H groups in total. The lowest BCUT2D eigenvalue weighted by Crippen LogP contribution is -2.38. The van der Waals surface area contributed by atoms with E-state index in [2.05, 4.69) is 5.32 Å². The van der Waals surface area contributed by atoms with Crippen LogP contribution < -0.4 is 9.62 Å². The Kier molecular flexibility index (Phi) is 4.76. The molecule has 3 rings (SSSR count). The van der Waals surface area contributed by atoms with E-state index in [1.165, 1.54) is 22.5 Å². The van der Waals surface area contributed by atoms with Gasteiger partial charge >= 0.3 is 0 Å². The summed E-state index contributed by atoms with van der Waals surface area (Å²) in [4.78, 5) is 12.3. The first-order chi connectivity index (χ1) is 11.9. The molecular weight excluding hydrogens is 343 g/mol. The molecule has 1 fully saturated rings. The fraction of sp³-hybridized carbons (Fsp3) is 0.278. The number of rotatable bonds is 3. The van der Waals surface area contributed by atoms with Gasteiger partial charge in [-0.1, -0.05) is 6.07 Å². The molecule has 25 heavy (non-hydrogen) atoms. The Morgan fingerprint density at radius 1 is 1.16 bits per heavy atom. The molecule has 1 amide bonds. The van der Waals surface area contributed by atoms with E-state index in [1.807, 2.05) is 0 Å². The lowest BCUT2D eigenvalue weighted by Gasteiger charge is -2.29. The van der Waals surface area contributed by atoms with Crippen LogP contribution in [0.15, 0.2) is 42.5 Å². The molecule has 0 atom stereocenters. The smallest absolute Gasteiger partial charge is 0.255 e. The summed E-state index contributed by atoms with van der Waals surface area (Å²) < 4.78 is 39.1. The van der Waals surface area contributed by atoms with E-state index in [9.17, 15) is 17.6 Å². The molecule has 0 aliphatic carbocycles. The highest BCUT2D eigenvalue weighted by Gasteiger charge is 2.27. The predicted octanol–water partition coefficient (Wildman–Crippen LogP) is 3.32. The first kappa shape index (κ1) is 17.4. The van der Waals surface area contributed by atoms with Gasteiger partial charge in [-0.05, 0) is 61.7 Å². The van der Waals surface area contributed by atoms with Crippen molar-refractivity contribution in [3.05, 3.63) is 59.4 Å². The fourth-order valence-corrected chi connectivity index (χ4v) is 4.61. The average Bonchev–Trinajstić information content (AvgIpc) is 2.55. The molecule has 0 saturated carbocycles. The van der Waals surface area contributed by atoms with Crippen LogP contribution in [0.2, 0.25) is 0 Å². The van der Waals surface area contributed by atoms with Gasteiger partial charge in [0, 0.05) is 17.8 Å². The monoisotopic (exact) mass is 362 g/mol. The Morgan fingerprint density at radius 2 is 1.96 bits per heavy atom. The van der Waals surface area contributed by atoms with Gasteiger partial charge in [-0.2, -0.15) is 0 Å². The number of hydrogen-bond acceptors (Lipinski definition) is 3. The van der Waals surface area contributed by atoms with E-state index in [0.717, 1.165) is 6.42 Å². The van der Waals surface area contributed by atoms with Crippen LogP contribution in [0, 0.1) is 12.7 Å². The maximum atomic E-state index is 13.2. The minimum absolute atomic E-state index is 0.147. The zero-order valence-electron chi connectivity index (χ0n) is 13.8. The molecule has 5 nitrogen and oxygen atoms in total. The molecule has 0 bridgehead atoms. The third-order valence-corrected chi connectivity index (χ3v) is 6.01. The van der Waals surface area contributed by atoms with E-state index in [-0.39, 0.29) is 11.7 Å². The van der Waals surface area contributed by atoms with Crippen molar-refractivity contribution in [2.45, 2.75) is 19.8 Å². The summed E-state index contributed by atoms with van der Waals surface area (Å²) in [7, 11) is -3.29. The lowest BCUT2D eigenvalue weighted by molar-refractivity contribution is 0.102. The minimum Gasteiger partial charge on any atom is -0.322 e. The molecule has 0 radical (unpaired) electrons. The van der Waals surface area contributed by atoms with Crippen LogP contribution >= 0.6 is 0 Å². The third kappa shape index (κ3) is 3.82. The molecule has 0 spiro atoms. The largest absolute Gasteiger partial charge is 0.322 e. The van der Waals surface area contributed by atoms with Gasteiger partial charge in [0.25, 0.3) is 5.91 Å².